The van der Waals surface area contributed by atoms with Crippen LogP contribution < -0.4 is 10.0 Å². The molecule has 0 unspecified atom stereocenters. The zero-order valence-electron chi connectivity index (χ0n) is 8.07. The second kappa shape index (κ2) is 4.72. The molecule has 0 atom stereocenters. The number of thiazole rings is 1. The van der Waals surface area contributed by atoms with Crippen molar-refractivity contribution in [2.24, 2.45) is 0 Å². The van der Waals surface area contributed by atoms with Gasteiger partial charge in [0.1, 0.15) is 0 Å². The van der Waals surface area contributed by atoms with Gasteiger partial charge in [0.2, 0.25) is 10.0 Å². The Morgan fingerprint density at radius 3 is 2.79 bits per heavy atom. The van der Waals surface area contributed by atoms with E-state index in [9.17, 15) is 8.42 Å². The Balaban J connectivity index is 2.39. The lowest BCUT2D eigenvalue weighted by atomic mass is 10.3. The van der Waals surface area contributed by atoms with E-state index in [2.05, 4.69) is 15.0 Å². The summed E-state index contributed by atoms with van der Waals surface area (Å²) in [6.45, 7) is 0.395. The summed E-state index contributed by atoms with van der Waals surface area (Å²) < 4.78 is 23.9. The van der Waals surface area contributed by atoms with E-state index in [-0.39, 0.29) is 0 Å². The van der Waals surface area contributed by atoms with Gasteiger partial charge >= 0.3 is 0 Å². The first-order chi connectivity index (χ1) is 6.51. The van der Waals surface area contributed by atoms with Crippen LogP contribution in [0.5, 0.6) is 0 Å². The Kier molecular flexibility index (Phi) is 3.85. The maximum Gasteiger partial charge on any atom is 0.208 e. The average molecular weight is 235 g/mol. The topological polar surface area (TPSA) is 71.1 Å². The number of rotatable bonds is 5. The van der Waals surface area contributed by atoms with Crippen LogP contribution in [0.3, 0.4) is 0 Å². The number of aromatic nitrogens is 1. The lowest BCUT2D eigenvalue weighted by molar-refractivity contribution is 0.587. The maximum atomic E-state index is 10.7. The minimum absolute atomic E-state index is 0.395. The smallest absolute Gasteiger partial charge is 0.208 e. The zero-order valence-corrected chi connectivity index (χ0v) is 9.70. The van der Waals surface area contributed by atoms with Gasteiger partial charge in [-0.25, -0.2) is 18.1 Å². The highest BCUT2D eigenvalue weighted by atomic mass is 32.2. The Morgan fingerprint density at radius 1 is 1.57 bits per heavy atom. The summed E-state index contributed by atoms with van der Waals surface area (Å²) in [5.74, 6) is 0. The second-order valence-corrected chi connectivity index (χ2v) is 5.50. The van der Waals surface area contributed by atoms with Crippen molar-refractivity contribution >= 4 is 26.5 Å². The molecule has 0 saturated carbocycles. The molecule has 0 spiro atoms. The first-order valence-electron chi connectivity index (χ1n) is 4.08. The molecule has 0 saturated heterocycles. The highest BCUT2D eigenvalue weighted by Crippen LogP contribution is 2.14. The van der Waals surface area contributed by atoms with Gasteiger partial charge in [-0.2, -0.15) is 0 Å². The maximum absolute atomic E-state index is 10.7. The van der Waals surface area contributed by atoms with Crippen molar-refractivity contribution in [1.82, 2.24) is 9.71 Å². The highest BCUT2D eigenvalue weighted by Gasteiger charge is 2.02. The molecule has 1 heterocycles. The lowest BCUT2D eigenvalue weighted by Crippen LogP contribution is -2.24. The summed E-state index contributed by atoms with van der Waals surface area (Å²) in [6, 6.07) is 0. The summed E-state index contributed by atoms with van der Waals surface area (Å²) in [6.07, 6.45) is 1.76. The van der Waals surface area contributed by atoms with Crippen LogP contribution in [0.2, 0.25) is 0 Å². The van der Waals surface area contributed by atoms with Crippen molar-refractivity contribution in [3.8, 4) is 0 Å². The van der Waals surface area contributed by atoms with Crippen molar-refractivity contribution in [2.75, 3.05) is 25.2 Å². The summed E-state index contributed by atoms with van der Waals surface area (Å²) in [4.78, 5) is 4.22. The summed E-state index contributed by atoms with van der Waals surface area (Å²) in [5.41, 5.74) is 0.899. The molecule has 2 N–H and O–H groups in total. The predicted octanol–water partition coefficient (Wildman–Crippen LogP) is 0.277. The van der Waals surface area contributed by atoms with Gasteiger partial charge in [0.25, 0.3) is 0 Å². The Morgan fingerprint density at radius 2 is 2.29 bits per heavy atom. The fraction of sp³-hybridized carbons (Fsp3) is 0.571. The summed E-state index contributed by atoms with van der Waals surface area (Å²) >= 11 is 1.51. The van der Waals surface area contributed by atoms with E-state index < -0.39 is 10.0 Å². The SMILES string of the molecule is CNc1nc(CCNS(C)(=O)=O)cs1. The molecule has 7 heteroatoms. The van der Waals surface area contributed by atoms with Gasteiger partial charge in [0, 0.05) is 25.4 Å². The van der Waals surface area contributed by atoms with Crippen LogP contribution in [0, 0.1) is 0 Å². The Hall–Kier alpha value is -0.660. The fourth-order valence-corrected chi connectivity index (χ4v) is 2.08. The number of sulfonamides is 1. The fourth-order valence-electron chi connectivity index (χ4n) is 0.901. The van der Waals surface area contributed by atoms with E-state index in [0.29, 0.717) is 13.0 Å². The van der Waals surface area contributed by atoms with E-state index >= 15 is 0 Å². The Bertz CT molecular complexity index is 385. The van der Waals surface area contributed by atoms with Gasteiger partial charge in [-0.15, -0.1) is 11.3 Å². The number of nitrogens with one attached hydrogen (secondary N) is 2. The summed E-state index contributed by atoms with van der Waals surface area (Å²) in [7, 11) is -1.28. The molecule has 1 aromatic heterocycles. The minimum atomic E-state index is -3.08. The van der Waals surface area contributed by atoms with Crippen LogP contribution >= 0.6 is 11.3 Å². The molecule has 0 aliphatic heterocycles. The van der Waals surface area contributed by atoms with Crippen molar-refractivity contribution in [3.05, 3.63) is 11.1 Å². The first-order valence-corrected chi connectivity index (χ1v) is 6.85. The largest absolute Gasteiger partial charge is 0.365 e. The molecular weight excluding hydrogens is 222 g/mol. The first kappa shape index (κ1) is 11.4. The highest BCUT2D eigenvalue weighted by molar-refractivity contribution is 7.88. The van der Waals surface area contributed by atoms with Gasteiger partial charge in [-0.3, -0.25) is 0 Å². The average Bonchev–Trinajstić information content (AvgIpc) is 2.50. The van der Waals surface area contributed by atoms with E-state index in [1.807, 2.05) is 5.38 Å². The van der Waals surface area contributed by atoms with Gasteiger partial charge in [-0.1, -0.05) is 0 Å². The standard InChI is InChI=1S/C7H13N3O2S2/c1-8-7-10-6(5-13-7)3-4-9-14(2,11)12/h5,9H,3-4H2,1-2H3,(H,8,10). The van der Waals surface area contributed by atoms with E-state index in [1.54, 1.807) is 7.05 Å². The van der Waals surface area contributed by atoms with Crippen molar-refractivity contribution < 1.29 is 8.42 Å². The van der Waals surface area contributed by atoms with Crippen molar-refractivity contribution in [3.63, 3.8) is 0 Å². The van der Waals surface area contributed by atoms with E-state index in [1.165, 1.54) is 11.3 Å². The lowest BCUT2D eigenvalue weighted by Gasteiger charge is -1.98. The molecule has 80 valence electrons. The third-order valence-corrected chi connectivity index (χ3v) is 3.15. The minimum Gasteiger partial charge on any atom is -0.365 e. The third-order valence-electron chi connectivity index (χ3n) is 1.51. The number of hydrogen-bond acceptors (Lipinski definition) is 5. The molecule has 0 aliphatic rings. The van der Waals surface area contributed by atoms with Crippen LogP contribution in [0.25, 0.3) is 0 Å². The van der Waals surface area contributed by atoms with Gasteiger partial charge in [0.15, 0.2) is 5.13 Å². The normalized spacial score (nSPS) is 11.6. The molecule has 0 radical (unpaired) electrons. The number of hydrogen-bond donors (Lipinski definition) is 2. The molecule has 0 amide bonds. The molecule has 0 bridgehead atoms. The second-order valence-electron chi connectivity index (χ2n) is 2.81. The molecule has 0 fully saturated rings. The van der Waals surface area contributed by atoms with Crippen molar-refractivity contribution in [1.29, 1.82) is 0 Å². The molecular formula is C7H13N3O2S2. The number of anilines is 1. The van der Waals surface area contributed by atoms with Gasteiger partial charge < -0.3 is 5.32 Å². The molecule has 0 aliphatic carbocycles. The molecule has 1 rings (SSSR count). The molecule has 14 heavy (non-hydrogen) atoms. The van der Waals surface area contributed by atoms with Crippen LogP contribution in [0.4, 0.5) is 5.13 Å². The van der Waals surface area contributed by atoms with Gasteiger partial charge in [-0.05, 0) is 0 Å². The summed E-state index contributed by atoms with van der Waals surface area (Å²) in [5, 5.41) is 5.68. The third kappa shape index (κ3) is 4.03. The Labute approximate surface area is 87.6 Å². The monoisotopic (exact) mass is 235 g/mol. The van der Waals surface area contributed by atoms with Crippen molar-refractivity contribution in [2.45, 2.75) is 6.42 Å². The molecule has 5 nitrogen and oxygen atoms in total. The van der Waals surface area contributed by atoms with E-state index in [4.69, 9.17) is 0 Å². The van der Waals surface area contributed by atoms with E-state index in [0.717, 1.165) is 17.1 Å². The molecule has 0 aromatic carbocycles. The van der Waals surface area contributed by atoms with Crippen LogP contribution in [0.15, 0.2) is 5.38 Å². The quantitative estimate of drug-likeness (QED) is 0.769. The van der Waals surface area contributed by atoms with Gasteiger partial charge in [0.05, 0.1) is 11.9 Å². The predicted molar refractivity (Wildman–Crippen MR) is 58.2 cm³/mol. The van der Waals surface area contributed by atoms with Crippen LogP contribution in [0.1, 0.15) is 5.69 Å². The van der Waals surface area contributed by atoms with Crippen LogP contribution in [-0.4, -0.2) is 33.2 Å². The van der Waals surface area contributed by atoms with Crippen LogP contribution in [-0.2, 0) is 16.4 Å². The molecule has 1 aromatic rings. The zero-order chi connectivity index (χ0) is 10.6. The number of nitrogens with zero attached hydrogens (tertiary/aromatic N) is 1.